The molecule has 1 heterocycles. The van der Waals surface area contributed by atoms with Gasteiger partial charge in [-0.1, -0.05) is 20.8 Å². The van der Waals surface area contributed by atoms with Gasteiger partial charge in [0, 0.05) is 17.2 Å². The van der Waals surface area contributed by atoms with Crippen LogP contribution in [0.25, 0.3) is 0 Å². The molecule has 15 heavy (non-hydrogen) atoms. The van der Waals surface area contributed by atoms with Crippen LogP contribution in [0.1, 0.15) is 37.9 Å². The van der Waals surface area contributed by atoms with Crippen LogP contribution < -0.4 is 0 Å². The minimum Gasteiger partial charge on any atom is -0.469 e. The number of aryl methyl sites for hydroxylation is 1. The molecule has 0 N–H and O–H groups in total. The Bertz CT molecular complexity index is 339. The lowest BCUT2D eigenvalue weighted by Gasteiger charge is -2.13. The fourth-order valence-corrected chi connectivity index (χ4v) is 2.04. The molecule has 0 aliphatic rings. The van der Waals surface area contributed by atoms with Gasteiger partial charge in [-0.05, 0) is 0 Å². The highest BCUT2D eigenvalue weighted by Crippen LogP contribution is 2.25. The SMILES string of the molecule is COC(=O)CCc1csc(C(C)(C)C)n1. The van der Waals surface area contributed by atoms with Gasteiger partial charge in [0.15, 0.2) is 0 Å². The van der Waals surface area contributed by atoms with E-state index in [0.29, 0.717) is 12.8 Å². The maximum Gasteiger partial charge on any atom is 0.305 e. The lowest BCUT2D eigenvalue weighted by molar-refractivity contribution is -0.140. The van der Waals surface area contributed by atoms with E-state index in [1.165, 1.54) is 7.11 Å². The average Bonchev–Trinajstić information content (AvgIpc) is 2.61. The van der Waals surface area contributed by atoms with E-state index in [4.69, 9.17) is 0 Å². The Labute approximate surface area is 94.5 Å². The van der Waals surface area contributed by atoms with Crippen molar-refractivity contribution in [3.8, 4) is 0 Å². The van der Waals surface area contributed by atoms with Crippen LogP contribution in [0.15, 0.2) is 5.38 Å². The number of aromatic nitrogens is 1. The lowest BCUT2D eigenvalue weighted by atomic mass is 9.98. The number of thiazole rings is 1. The summed E-state index contributed by atoms with van der Waals surface area (Å²) in [4.78, 5) is 15.4. The summed E-state index contributed by atoms with van der Waals surface area (Å²) in [7, 11) is 1.41. The molecule has 0 amide bonds. The van der Waals surface area contributed by atoms with Crippen molar-refractivity contribution in [1.82, 2.24) is 4.98 Å². The van der Waals surface area contributed by atoms with Crippen molar-refractivity contribution in [2.75, 3.05) is 7.11 Å². The van der Waals surface area contributed by atoms with Crippen molar-refractivity contribution in [2.24, 2.45) is 0 Å². The van der Waals surface area contributed by atoms with Crippen LogP contribution in [-0.2, 0) is 21.4 Å². The highest BCUT2D eigenvalue weighted by Gasteiger charge is 2.18. The maximum atomic E-state index is 10.9. The van der Waals surface area contributed by atoms with E-state index in [9.17, 15) is 4.79 Å². The summed E-state index contributed by atoms with van der Waals surface area (Å²) >= 11 is 1.65. The van der Waals surface area contributed by atoms with Gasteiger partial charge in [-0.3, -0.25) is 4.79 Å². The second-order valence-electron chi connectivity index (χ2n) is 4.47. The van der Waals surface area contributed by atoms with Gasteiger partial charge in [-0.15, -0.1) is 11.3 Å². The highest BCUT2D eigenvalue weighted by molar-refractivity contribution is 7.09. The number of hydrogen-bond acceptors (Lipinski definition) is 4. The first kappa shape index (κ1) is 12.2. The smallest absolute Gasteiger partial charge is 0.305 e. The minimum atomic E-state index is -0.180. The second kappa shape index (κ2) is 4.75. The van der Waals surface area contributed by atoms with Crippen molar-refractivity contribution in [3.05, 3.63) is 16.1 Å². The summed E-state index contributed by atoms with van der Waals surface area (Å²) in [6.07, 6.45) is 1.07. The molecule has 0 radical (unpaired) electrons. The van der Waals surface area contributed by atoms with Crippen LogP contribution in [0.5, 0.6) is 0 Å². The normalized spacial score (nSPS) is 11.5. The van der Waals surface area contributed by atoms with Crippen LogP contribution in [0.3, 0.4) is 0 Å². The molecule has 0 aliphatic carbocycles. The van der Waals surface area contributed by atoms with Gasteiger partial charge in [0.25, 0.3) is 0 Å². The molecule has 0 spiro atoms. The molecule has 0 aromatic carbocycles. The third-order valence-corrected chi connectivity index (χ3v) is 3.32. The largest absolute Gasteiger partial charge is 0.469 e. The Morgan fingerprint density at radius 1 is 1.53 bits per heavy atom. The maximum absolute atomic E-state index is 10.9. The Balaban J connectivity index is 2.58. The van der Waals surface area contributed by atoms with E-state index in [1.807, 2.05) is 5.38 Å². The number of nitrogens with zero attached hydrogens (tertiary/aromatic N) is 1. The molecular weight excluding hydrogens is 210 g/mol. The second-order valence-corrected chi connectivity index (χ2v) is 5.33. The molecule has 1 aromatic rings. The molecule has 84 valence electrons. The van der Waals surface area contributed by atoms with Gasteiger partial charge >= 0.3 is 5.97 Å². The van der Waals surface area contributed by atoms with Crippen molar-refractivity contribution in [1.29, 1.82) is 0 Å². The third kappa shape index (κ3) is 3.63. The van der Waals surface area contributed by atoms with Gasteiger partial charge in [-0.2, -0.15) is 0 Å². The van der Waals surface area contributed by atoms with E-state index in [1.54, 1.807) is 11.3 Å². The van der Waals surface area contributed by atoms with Crippen molar-refractivity contribution in [3.63, 3.8) is 0 Å². The Morgan fingerprint density at radius 2 is 2.20 bits per heavy atom. The number of esters is 1. The summed E-state index contributed by atoms with van der Waals surface area (Å²) in [5.74, 6) is -0.180. The molecule has 0 saturated carbocycles. The molecular formula is C11H17NO2S. The van der Waals surface area contributed by atoms with Gasteiger partial charge in [-0.25, -0.2) is 4.98 Å². The number of ether oxygens (including phenoxy) is 1. The number of carbonyl (C=O) groups is 1. The molecule has 0 aliphatic heterocycles. The first-order valence-corrected chi connectivity index (χ1v) is 5.83. The van der Waals surface area contributed by atoms with Crippen molar-refractivity contribution < 1.29 is 9.53 Å². The standard InChI is InChI=1S/C11H17NO2S/c1-11(2,3)10-12-8(7-15-10)5-6-9(13)14-4/h7H,5-6H2,1-4H3. The Kier molecular flexibility index (Phi) is 3.85. The van der Waals surface area contributed by atoms with Gasteiger partial charge < -0.3 is 4.74 Å². The zero-order valence-corrected chi connectivity index (χ0v) is 10.5. The van der Waals surface area contributed by atoms with E-state index >= 15 is 0 Å². The molecule has 3 nitrogen and oxygen atoms in total. The summed E-state index contributed by atoms with van der Waals surface area (Å²) in [6, 6.07) is 0. The first-order valence-electron chi connectivity index (χ1n) is 4.95. The zero-order valence-electron chi connectivity index (χ0n) is 9.66. The fourth-order valence-electron chi connectivity index (χ4n) is 1.10. The molecule has 0 unspecified atom stereocenters. The summed E-state index contributed by atoms with van der Waals surface area (Å²) < 4.78 is 4.58. The average molecular weight is 227 g/mol. The minimum absolute atomic E-state index is 0.0915. The van der Waals surface area contributed by atoms with Crippen LogP contribution >= 0.6 is 11.3 Å². The number of methoxy groups -OCH3 is 1. The number of rotatable bonds is 3. The quantitative estimate of drug-likeness (QED) is 0.745. The van der Waals surface area contributed by atoms with Crippen LogP contribution in [0, 0.1) is 0 Å². The molecule has 1 aromatic heterocycles. The zero-order chi connectivity index (χ0) is 11.5. The van der Waals surface area contributed by atoms with E-state index in [0.717, 1.165) is 10.7 Å². The van der Waals surface area contributed by atoms with Crippen LogP contribution in [0.2, 0.25) is 0 Å². The third-order valence-electron chi connectivity index (χ3n) is 2.01. The molecule has 0 fully saturated rings. The molecule has 0 saturated heterocycles. The highest BCUT2D eigenvalue weighted by atomic mass is 32.1. The van der Waals surface area contributed by atoms with E-state index in [2.05, 4.69) is 30.5 Å². The lowest BCUT2D eigenvalue weighted by Crippen LogP contribution is -2.10. The molecule has 1 rings (SSSR count). The predicted molar refractivity (Wildman–Crippen MR) is 61.2 cm³/mol. The van der Waals surface area contributed by atoms with Gasteiger partial charge in [0.1, 0.15) is 0 Å². The van der Waals surface area contributed by atoms with E-state index < -0.39 is 0 Å². The summed E-state index contributed by atoms with van der Waals surface area (Å²) in [5.41, 5.74) is 1.07. The molecule has 4 heteroatoms. The fraction of sp³-hybridized carbons (Fsp3) is 0.636. The Morgan fingerprint density at radius 3 is 2.67 bits per heavy atom. The monoisotopic (exact) mass is 227 g/mol. The van der Waals surface area contributed by atoms with Crippen LogP contribution in [-0.4, -0.2) is 18.1 Å². The predicted octanol–water partition coefficient (Wildman–Crippen LogP) is 2.55. The van der Waals surface area contributed by atoms with Crippen LogP contribution in [0.4, 0.5) is 0 Å². The van der Waals surface area contributed by atoms with Crippen molar-refractivity contribution >= 4 is 17.3 Å². The van der Waals surface area contributed by atoms with E-state index in [-0.39, 0.29) is 11.4 Å². The molecule has 0 atom stereocenters. The van der Waals surface area contributed by atoms with Gasteiger partial charge in [0.05, 0.1) is 24.2 Å². The Hall–Kier alpha value is -0.900. The number of hydrogen-bond donors (Lipinski definition) is 0. The molecule has 0 bridgehead atoms. The first-order chi connectivity index (χ1) is 6.93. The van der Waals surface area contributed by atoms with Gasteiger partial charge in [0.2, 0.25) is 0 Å². The van der Waals surface area contributed by atoms with Crippen molar-refractivity contribution in [2.45, 2.75) is 39.0 Å². The summed E-state index contributed by atoms with van der Waals surface area (Å²) in [5, 5.41) is 3.13. The number of carbonyl (C=O) groups excluding carboxylic acids is 1. The topological polar surface area (TPSA) is 39.2 Å². The summed E-state index contributed by atoms with van der Waals surface area (Å²) in [6.45, 7) is 6.40.